The molecule has 2 heteroatoms. The van der Waals surface area contributed by atoms with Gasteiger partial charge < -0.3 is 5.32 Å². The Morgan fingerprint density at radius 2 is 1.81 bits per heavy atom. The van der Waals surface area contributed by atoms with Crippen LogP contribution in [0.15, 0.2) is 48.7 Å². The number of nitrogens with one attached hydrogen (secondary N) is 1. The van der Waals surface area contributed by atoms with E-state index in [2.05, 4.69) is 73.5 Å². The Morgan fingerprint density at radius 1 is 1.05 bits per heavy atom. The molecule has 0 radical (unpaired) electrons. The lowest BCUT2D eigenvalue weighted by atomic mass is 9.90. The van der Waals surface area contributed by atoms with Crippen LogP contribution in [0.2, 0.25) is 0 Å². The Morgan fingerprint density at radius 3 is 2.38 bits per heavy atom. The monoisotopic (exact) mass is 282 g/mol. The summed E-state index contributed by atoms with van der Waals surface area (Å²) in [4.78, 5) is 4.61. The zero-order valence-corrected chi connectivity index (χ0v) is 13.3. The van der Waals surface area contributed by atoms with Crippen LogP contribution in [0, 0.1) is 0 Å². The molecule has 1 heterocycles. The molecule has 112 valence electrons. The van der Waals surface area contributed by atoms with E-state index in [1.807, 2.05) is 6.20 Å². The van der Waals surface area contributed by atoms with Crippen molar-refractivity contribution < 1.29 is 0 Å². The lowest BCUT2D eigenvalue weighted by Gasteiger charge is -2.25. The summed E-state index contributed by atoms with van der Waals surface area (Å²) >= 11 is 0. The van der Waals surface area contributed by atoms with Gasteiger partial charge in [-0.05, 0) is 36.1 Å². The van der Waals surface area contributed by atoms with E-state index in [0.29, 0.717) is 12.0 Å². The number of hydrogen-bond donors (Lipinski definition) is 1. The first-order chi connectivity index (χ1) is 10.2. The first-order valence-corrected chi connectivity index (χ1v) is 7.96. The minimum atomic E-state index is 0.414. The van der Waals surface area contributed by atoms with Gasteiger partial charge in [-0.15, -0.1) is 0 Å². The van der Waals surface area contributed by atoms with Crippen LogP contribution in [0.1, 0.15) is 43.5 Å². The molecule has 0 fully saturated rings. The maximum Gasteiger partial charge on any atom is 0.0419 e. The van der Waals surface area contributed by atoms with Gasteiger partial charge in [0.2, 0.25) is 0 Å². The van der Waals surface area contributed by atoms with E-state index in [-0.39, 0.29) is 0 Å². The van der Waals surface area contributed by atoms with Gasteiger partial charge in [0.25, 0.3) is 0 Å². The van der Waals surface area contributed by atoms with Gasteiger partial charge in [-0.2, -0.15) is 0 Å². The van der Waals surface area contributed by atoms with Crippen molar-refractivity contribution in [3.8, 4) is 0 Å². The van der Waals surface area contributed by atoms with Crippen molar-refractivity contribution in [1.29, 1.82) is 0 Å². The summed E-state index contributed by atoms with van der Waals surface area (Å²) < 4.78 is 0. The Hall–Kier alpha value is -1.67. The number of aryl methyl sites for hydroxylation is 1. The van der Waals surface area contributed by atoms with E-state index in [0.717, 1.165) is 19.4 Å². The van der Waals surface area contributed by atoms with Crippen molar-refractivity contribution >= 4 is 0 Å². The SMILES string of the molecule is CCNC(Cc1ccc(CC)cn1)C(C)c1ccccc1. The number of likely N-dealkylation sites (N-methyl/N-ethyl adjacent to an activating group) is 1. The second-order valence-electron chi connectivity index (χ2n) is 5.58. The molecule has 0 aliphatic rings. The van der Waals surface area contributed by atoms with E-state index in [1.165, 1.54) is 16.8 Å². The maximum absolute atomic E-state index is 4.61. The van der Waals surface area contributed by atoms with Crippen LogP contribution in [0.5, 0.6) is 0 Å². The molecule has 0 spiro atoms. The summed E-state index contributed by atoms with van der Waals surface area (Å²) in [7, 11) is 0. The maximum atomic E-state index is 4.61. The van der Waals surface area contributed by atoms with Crippen molar-refractivity contribution in [3.05, 3.63) is 65.5 Å². The first kappa shape index (κ1) is 15.7. The fraction of sp³-hybridized carbons (Fsp3) is 0.421. The van der Waals surface area contributed by atoms with Gasteiger partial charge in [-0.25, -0.2) is 0 Å². The van der Waals surface area contributed by atoms with E-state index < -0.39 is 0 Å². The van der Waals surface area contributed by atoms with E-state index in [4.69, 9.17) is 0 Å². The highest BCUT2D eigenvalue weighted by atomic mass is 14.9. The van der Waals surface area contributed by atoms with Crippen LogP contribution in [0.4, 0.5) is 0 Å². The molecule has 0 aliphatic carbocycles. The topological polar surface area (TPSA) is 24.9 Å². The summed E-state index contributed by atoms with van der Waals surface area (Å²) in [6.45, 7) is 7.60. The van der Waals surface area contributed by atoms with Crippen LogP contribution >= 0.6 is 0 Å². The third-order valence-electron chi connectivity index (χ3n) is 4.12. The lowest BCUT2D eigenvalue weighted by molar-refractivity contribution is 0.454. The molecule has 0 saturated carbocycles. The third kappa shape index (κ3) is 4.40. The normalized spacial score (nSPS) is 13.9. The second-order valence-corrected chi connectivity index (χ2v) is 5.58. The molecule has 2 aromatic rings. The van der Waals surface area contributed by atoms with Crippen LogP contribution in [-0.2, 0) is 12.8 Å². The summed E-state index contributed by atoms with van der Waals surface area (Å²) in [5.41, 5.74) is 3.85. The quantitative estimate of drug-likeness (QED) is 0.831. The Labute approximate surface area is 128 Å². The molecule has 1 aromatic carbocycles. The highest BCUT2D eigenvalue weighted by Gasteiger charge is 2.18. The summed E-state index contributed by atoms with van der Waals surface area (Å²) in [6, 6.07) is 15.5. The Balaban J connectivity index is 2.10. The minimum Gasteiger partial charge on any atom is -0.313 e. The Bertz CT molecular complexity index is 519. The van der Waals surface area contributed by atoms with Crippen molar-refractivity contribution in [3.63, 3.8) is 0 Å². The number of nitrogens with zero attached hydrogens (tertiary/aromatic N) is 1. The van der Waals surface area contributed by atoms with Gasteiger partial charge in [-0.3, -0.25) is 4.98 Å². The average molecular weight is 282 g/mol. The van der Waals surface area contributed by atoms with Gasteiger partial charge in [0.15, 0.2) is 0 Å². The molecular formula is C19H26N2. The molecule has 0 aliphatic heterocycles. The van der Waals surface area contributed by atoms with Crippen molar-refractivity contribution in [2.75, 3.05) is 6.54 Å². The third-order valence-corrected chi connectivity index (χ3v) is 4.12. The number of benzene rings is 1. The smallest absolute Gasteiger partial charge is 0.0419 e. The van der Waals surface area contributed by atoms with Crippen LogP contribution < -0.4 is 5.32 Å². The van der Waals surface area contributed by atoms with Crippen LogP contribution in [0.25, 0.3) is 0 Å². The van der Waals surface area contributed by atoms with Gasteiger partial charge in [0.05, 0.1) is 0 Å². The minimum absolute atomic E-state index is 0.414. The fourth-order valence-electron chi connectivity index (χ4n) is 2.69. The molecule has 1 N–H and O–H groups in total. The van der Waals surface area contributed by atoms with E-state index in [9.17, 15) is 0 Å². The van der Waals surface area contributed by atoms with Crippen molar-refractivity contribution in [1.82, 2.24) is 10.3 Å². The predicted octanol–water partition coefficient (Wildman–Crippen LogP) is 3.97. The zero-order valence-electron chi connectivity index (χ0n) is 13.3. The van der Waals surface area contributed by atoms with Gasteiger partial charge in [-0.1, -0.05) is 57.2 Å². The number of hydrogen-bond acceptors (Lipinski definition) is 2. The number of pyridine rings is 1. The molecule has 0 amide bonds. The molecular weight excluding hydrogens is 256 g/mol. The molecule has 2 atom stereocenters. The first-order valence-electron chi connectivity index (χ1n) is 7.96. The predicted molar refractivity (Wildman–Crippen MR) is 89.6 cm³/mol. The number of aromatic nitrogens is 1. The molecule has 21 heavy (non-hydrogen) atoms. The van der Waals surface area contributed by atoms with Gasteiger partial charge in [0, 0.05) is 24.4 Å². The fourth-order valence-corrected chi connectivity index (χ4v) is 2.69. The molecule has 0 saturated heterocycles. The molecule has 0 bridgehead atoms. The molecule has 2 rings (SSSR count). The highest BCUT2D eigenvalue weighted by molar-refractivity contribution is 5.22. The lowest BCUT2D eigenvalue weighted by Crippen LogP contribution is -2.35. The zero-order chi connectivity index (χ0) is 15.1. The summed E-state index contributed by atoms with van der Waals surface area (Å²) in [5, 5.41) is 3.62. The average Bonchev–Trinajstić information content (AvgIpc) is 2.55. The van der Waals surface area contributed by atoms with Crippen molar-refractivity contribution in [2.45, 2.75) is 45.6 Å². The van der Waals surface area contributed by atoms with Gasteiger partial charge >= 0.3 is 0 Å². The molecule has 2 unspecified atom stereocenters. The van der Waals surface area contributed by atoms with Gasteiger partial charge in [0.1, 0.15) is 0 Å². The second kappa shape index (κ2) is 7.94. The summed E-state index contributed by atoms with van der Waals surface area (Å²) in [6.07, 6.45) is 4.02. The Kier molecular flexibility index (Phi) is 5.94. The standard InChI is InChI=1S/C19H26N2/c1-4-16-11-12-18(21-14-16)13-19(20-5-2)15(3)17-9-7-6-8-10-17/h6-12,14-15,19-20H,4-5,13H2,1-3H3. The largest absolute Gasteiger partial charge is 0.313 e. The van der Waals surface area contributed by atoms with Crippen LogP contribution in [-0.4, -0.2) is 17.6 Å². The number of rotatable bonds is 7. The summed E-state index contributed by atoms with van der Waals surface area (Å²) in [5.74, 6) is 0.471. The van der Waals surface area contributed by atoms with E-state index in [1.54, 1.807) is 0 Å². The highest BCUT2D eigenvalue weighted by Crippen LogP contribution is 2.21. The van der Waals surface area contributed by atoms with Crippen LogP contribution in [0.3, 0.4) is 0 Å². The molecule has 1 aromatic heterocycles. The van der Waals surface area contributed by atoms with Crippen molar-refractivity contribution in [2.24, 2.45) is 0 Å². The molecule has 2 nitrogen and oxygen atoms in total. The van der Waals surface area contributed by atoms with E-state index >= 15 is 0 Å².